The van der Waals surface area contributed by atoms with Crippen LogP contribution in [0.1, 0.15) is 15.9 Å². The lowest BCUT2D eigenvalue weighted by Crippen LogP contribution is -2.17. The number of carbonyl (C=O) groups is 1. The number of hydrogen-bond donors (Lipinski definition) is 2. The van der Waals surface area contributed by atoms with Gasteiger partial charge in [0.2, 0.25) is 5.95 Å². The van der Waals surface area contributed by atoms with Crippen LogP contribution < -0.4 is 4.72 Å². The number of aromatic nitrogens is 3. The predicted molar refractivity (Wildman–Crippen MR) is 69.9 cm³/mol. The molecule has 0 saturated heterocycles. The van der Waals surface area contributed by atoms with Crippen LogP contribution in [0.5, 0.6) is 0 Å². The van der Waals surface area contributed by atoms with Crippen LogP contribution in [0.3, 0.4) is 0 Å². The monoisotopic (exact) mass is 296 g/mol. The Morgan fingerprint density at radius 3 is 2.65 bits per heavy atom. The number of nitrogens with one attached hydrogen (secondary N) is 1. The standard InChI is InChI=1S/C11H12N4O4S/c1-7-3-4-8(5-9(7)10(16)17)20(18,19)14-11-12-6-13-15(11)2/h3-6H,1-2H3,(H,16,17)(H,12,13,14). The van der Waals surface area contributed by atoms with E-state index < -0.39 is 16.0 Å². The molecule has 8 nitrogen and oxygen atoms in total. The van der Waals surface area contributed by atoms with Gasteiger partial charge < -0.3 is 5.11 Å². The molecule has 0 radical (unpaired) electrons. The number of nitrogens with zero attached hydrogens (tertiary/aromatic N) is 3. The van der Waals surface area contributed by atoms with Gasteiger partial charge in [-0.05, 0) is 24.6 Å². The quantitative estimate of drug-likeness (QED) is 0.855. The number of aromatic carboxylic acids is 1. The van der Waals surface area contributed by atoms with Crippen molar-refractivity contribution in [3.8, 4) is 0 Å². The molecule has 9 heteroatoms. The molecule has 0 amide bonds. The van der Waals surface area contributed by atoms with Crippen LogP contribution in [0.4, 0.5) is 5.95 Å². The molecule has 1 aromatic heterocycles. The molecule has 0 spiro atoms. The van der Waals surface area contributed by atoms with Crippen molar-refractivity contribution in [2.24, 2.45) is 7.05 Å². The first kappa shape index (κ1) is 14.0. The molecule has 106 valence electrons. The highest BCUT2D eigenvalue weighted by Gasteiger charge is 2.19. The molecule has 0 aliphatic rings. The van der Waals surface area contributed by atoms with Crippen molar-refractivity contribution in [1.29, 1.82) is 0 Å². The number of rotatable bonds is 4. The van der Waals surface area contributed by atoms with Gasteiger partial charge in [0.1, 0.15) is 6.33 Å². The van der Waals surface area contributed by atoms with E-state index in [4.69, 9.17) is 5.11 Å². The van der Waals surface area contributed by atoms with E-state index in [1.807, 2.05) is 0 Å². The largest absolute Gasteiger partial charge is 0.478 e. The minimum Gasteiger partial charge on any atom is -0.478 e. The fourth-order valence-corrected chi connectivity index (χ4v) is 2.63. The smallest absolute Gasteiger partial charge is 0.335 e. The highest BCUT2D eigenvalue weighted by atomic mass is 32.2. The first-order chi connectivity index (χ1) is 9.31. The second kappa shape index (κ2) is 4.93. The summed E-state index contributed by atoms with van der Waals surface area (Å²) in [5.74, 6) is -1.14. The molecule has 1 heterocycles. The van der Waals surface area contributed by atoms with Crippen molar-refractivity contribution in [2.75, 3.05) is 4.72 Å². The van der Waals surface area contributed by atoms with Crippen molar-refractivity contribution in [2.45, 2.75) is 11.8 Å². The Labute approximate surface area is 115 Å². The van der Waals surface area contributed by atoms with Crippen LogP contribution in [0.25, 0.3) is 0 Å². The van der Waals surface area contributed by atoms with E-state index in [0.29, 0.717) is 5.56 Å². The van der Waals surface area contributed by atoms with Gasteiger partial charge in [0.15, 0.2) is 0 Å². The zero-order valence-electron chi connectivity index (χ0n) is 10.7. The Bertz CT molecular complexity index is 766. The van der Waals surface area contributed by atoms with Crippen LogP contribution in [0, 0.1) is 6.92 Å². The summed E-state index contributed by atoms with van der Waals surface area (Å²) in [6.07, 6.45) is 1.20. The fourth-order valence-electron chi connectivity index (χ4n) is 1.57. The third-order valence-electron chi connectivity index (χ3n) is 2.69. The normalized spacial score (nSPS) is 11.3. The van der Waals surface area contributed by atoms with Crippen molar-refractivity contribution in [3.05, 3.63) is 35.7 Å². The van der Waals surface area contributed by atoms with E-state index >= 15 is 0 Å². The third kappa shape index (κ3) is 2.62. The first-order valence-electron chi connectivity index (χ1n) is 5.52. The van der Waals surface area contributed by atoms with Gasteiger partial charge in [-0.1, -0.05) is 6.07 Å². The maximum absolute atomic E-state index is 12.2. The highest BCUT2D eigenvalue weighted by Crippen LogP contribution is 2.18. The Kier molecular flexibility index (Phi) is 3.45. The Balaban J connectivity index is 2.42. The zero-order valence-corrected chi connectivity index (χ0v) is 11.5. The molecule has 0 saturated carbocycles. The lowest BCUT2D eigenvalue weighted by Gasteiger charge is -2.08. The van der Waals surface area contributed by atoms with E-state index in [9.17, 15) is 13.2 Å². The fraction of sp³-hybridized carbons (Fsp3) is 0.182. The number of carboxylic acid groups (broad SMARTS) is 1. The summed E-state index contributed by atoms with van der Waals surface area (Å²) in [6, 6.07) is 3.88. The van der Waals surface area contributed by atoms with Gasteiger partial charge in [0.05, 0.1) is 10.5 Å². The van der Waals surface area contributed by atoms with E-state index in [1.54, 1.807) is 6.92 Å². The minimum atomic E-state index is -3.92. The summed E-state index contributed by atoms with van der Waals surface area (Å²) < 4.78 is 27.8. The summed E-state index contributed by atoms with van der Waals surface area (Å²) in [6.45, 7) is 1.59. The molecule has 0 aliphatic heterocycles. The first-order valence-corrected chi connectivity index (χ1v) is 7.00. The van der Waals surface area contributed by atoms with Crippen molar-refractivity contribution >= 4 is 21.9 Å². The molecule has 2 aromatic rings. The molecule has 0 aliphatic carbocycles. The lowest BCUT2D eigenvalue weighted by molar-refractivity contribution is 0.0696. The number of aryl methyl sites for hydroxylation is 2. The van der Waals surface area contributed by atoms with Crippen LogP contribution >= 0.6 is 0 Å². The molecule has 2 rings (SSSR count). The highest BCUT2D eigenvalue weighted by molar-refractivity contribution is 7.92. The number of carboxylic acids is 1. The van der Waals surface area contributed by atoms with E-state index in [-0.39, 0.29) is 16.4 Å². The molecular weight excluding hydrogens is 284 g/mol. The average Bonchev–Trinajstić information content (AvgIpc) is 2.74. The molecule has 0 bridgehead atoms. The van der Waals surface area contributed by atoms with Gasteiger partial charge in [0, 0.05) is 7.05 Å². The summed E-state index contributed by atoms with van der Waals surface area (Å²) in [7, 11) is -2.38. The Morgan fingerprint density at radius 1 is 1.40 bits per heavy atom. The zero-order chi connectivity index (χ0) is 14.9. The van der Waals surface area contributed by atoms with Gasteiger partial charge in [-0.15, -0.1) is 0 Å². The van der Waals surface area contributed by atoms with Crippen LogP contribution in [-0.2, 0) is 17.1 Å². The molecule has 0 fully saturated rings. The van der Waals surface area contributed by atoms with E-state index in [2.05, 4.69) is 14.8 Å². The minimum absolute atomic E-state index is 0.0439. The Hall–Kier alpha value is -2.42. The van der Waals surface area contributed by atoms with Crippen LogP contribution in [-0.4, -0.2) is 34.3 Å². The summed E-state index contributed by atoms with van der Waals surface area (Å²) in [5, 5.41) is 12.8. The molecular formula is C11H12N4O4S. The van der Waals surface area contributed by atoms with Gasteiger partial charge >= 0.3 is 5.97 Å². The van der Waals surface area contributed by atoms with Crippen LogP contribution in [0.15, 0.2) is 29.4 Å². The summed E-state index contributed by atoms with van der Waals surface area (Å²) in [5.41, 5.74) is 0.418. The SMILES string of the molecule is Cc1ccc(S(=O)(=O)Nc2ncnn2C)cc1C(=O)O. The number of sulfonamides is 1. The van der Waals surface area contributed by atoms with E-state index in [1.165, 1.54) is 30.2 Å². The number of hydrogen-bond acceptors (Lipinski definition) is 5. The predicted octanol–water partition coefficient (Wildman–Crippen LogP) is 0.623. The second-order valence-electron chi connectivity index (χ2n) is 4.09. The number of benzene rings is 1. The Morgan fingerprint density at radius 2 is 2.10 bits per heavy atom. The maximum Gasteiger partial charge on any atom is 0.335 e. The molecule has 20 heavy (non-hydrogen) atoms. The molecule has 0 unspecified atom stereocenters. The molecule has 0 atom stereocenters. The summed E-state index contributed by atoms with van der Waals surface area (Å²) >= 11 is 0. The second-order valence-corrected chi connectivity index (χ2v) is 5.78. The van der Waals surface area contributed by atoms with Gasteiger partial charge in [0.25, 0.3) is 10.0 Å². The average molecular weight is 296 g/mol. The molecule has 1 aromatic carbocycles. The number of anilines is 1. The van der Waals surface area contributed by atoms with Crippen molar-refractivity contribution < 1.29 is 18.3 Å². The van der Waals surface area contributed by atoms with Gasteiger partial charge in [-0.3, -0.25) is 0 Å². The summed E-state index contributed by atoms with van der Waals surface area (Å²) in [4.78, 5) is 14.6. The van der Waals surface area contributed by atoms with Crippen molar-refractivity contribution in [3.63, 3.8) is 0 Å². The third-order valence-corrected chi connectivity index (χ3v) is 4.01. The topological polar surface area (TPSA) is 114 Å². The van der Waals surface area contributed by atoms with Gasteiger partial charge in [-0.2, -0.15) is 10.1 Å². The maximum atomic E-state index is 12.2. The van der Waals surface area contributed by atoms with E-state index in [0.717, 1.165) is 6.07 Å². The van der Waals surface area contributed by atoms with Crippen molar-refractivity contribution in [1.82, 2.24) is 14.8 Å². The van der Waals surface area contributed by atoms with Crippen LogP contribution in [0.2, 0.25) is 0 Å². The molecule has 2 N–H and O–H groups in total. The lowest BCUT2D eigenvalue weighted by atomic mass is 10.1. The van der Waals surface area contributed by atoms with Gasteiger partial charge in [-0.25, -0.2) is 22.6 Å².